The lowest BCUT2D eigenvalue weighted by Crippen LogP contribution is -2.33. The zero-order valence-corrected chi connectivity index (χ0v) is 24.0. The Bertz CT molecular complexity index is 1110. The number of halogens is 2. The third-order valence-electron chi connectivity index (χ3n) is 8.14. The monoisotopic (exact) mass is 552 g/mol. The minimum atomic E-state index is 0. The second-order valence-electron chi connectivity index (χ2n) is 10.8. The molecule has 2 aliphatic heterocycles. The van der Waals surface area contributed by atoms with E-state index < -0.39 is 0 Å². The van der Waals surface area contributed by atoms with Gasteiger partial charge < -0.3 is 0 Å². The molecule has 3 aromatic carbocycles. The molecule has 2 heterocycles. The Kier molecular flexibility index (Phi) is 12.3. The van der Waals surface area contributed by atoms with E-state index in [0.29, 0.717) is 12.2 Å². The van der Waals surface area contributed by atoms with E-state index in [1.807, 2.05) is 0 Å². The van der Waals surface area contributed by atoms with Crippen LogP contribution in [0.25, 0.3) is 0 Å². The molecule has 5 rings (SSSR count). The molecule has 0 unspecified atom stereocenters. The molecule has 2 aliphatic rings. The molecule has 0 spiro atoms. The van der Waals surface area contributed by atoms with Gasteiger partial charge in [0.25, 0.3) is 0 Å². The first-order valence-electron chi connectivity index (χ1n) is 13.9. The topological polar surface area (TPSA) is 23.6 Å². The fourth-order valence-corrected chi connectivity index (χ4v) is 5.92. The van der Waals surface area contributed by atoms with Gasteiger partial charge >= 0.3 is 0 Å². The van der Waals surface area contributed by atoms with Crippen molar-refractivity contribution in [3.8, 4) is 0 Å². The Balaban J connectivity index is 0.00000200. The molecular weight excluding hydrogens is 511 g/mol. The van der Waals surface area contributed by atoms with Crippen LogP contribution in [0.5, 0.6) is 0 Å². The van der Waals surface area contributed by atoms with Crippen molar-refractivity contribution in [3.63, 3.8) is 0 Å². The highest BCUT2D eigenvalue weighted by molar-refractivity contribution is 5.96. The Morgan fingerprint density at radius 2 is 1.24 bits per heavy atom. The highest BCUT2D eigenvalue weighted by Gasteiger charge is 2.20. The summed E-state index contributed by atoms with van der Waals surface area (Å²) in [4.78, 5) is 18.1. The molecular formula is C33H42Cl2N2O. The molecule has 1 fully saturated rings. The van der Waals surface area contributed by atoms with Gasteiger partial charge in [0.1, 0.15) is 0 Å². The molecule has 0 aromatic heterocycles. The number of likely N-dealkylation sites (tertiary alicyclic amines) is 1. The van der Waals surface area contributed by atoms with Gasteiger partial charge in [-0.1, -0.05) is 72.8 Å². The van der Waals surface area contributed by atoms with Gasteiger partial charge in [0.05, 0.1) is 0 Å². The molecule has 1 saturated heterocycles. The van der Waals surface area contributed by atoms with Crippen LogP contribution in [-0.4, -0.2) is 41.8 Å². The smallest absolute Gasteiger partial charge is 0.162 e. The fraction of sp³-hybridized carbons (Fsp3) is 0.424. The minimum Gasteiger partial charge on any atom is -0.299 e. The van der Waals surface area contributed by atoms with E-state index in [1.165, 1.54) is 54.6 Å². The van der Waals surface area contributed by atoms with Gasteiger partial charge in [-0.15, -0.1) is 24.8 Å². The third kappa shape index (κ3) is 8.68. The predicted molar refractivity (Wildman–Crippen MR) is 163 cm³/mol. The molecule has 0 N–H and O–H groups in total. The summed E-state index contributed by atoms with van der Waals surface area (Å²) in [5, 5.41) is 0. The first-order chi connectivity index (χ1) is 17.7. The Hall–Kier alpha value is -2.17. The van der Waals surface area contributed by atoms with Gasteiger partial charge in [0.15, 0.2) is 5.78 Å². The summed E-state index contributed by atoms with van der Waals surface area (Å²) in [7, 11) is 0. The molecule has 0 saturated carbocycles. The number of carbonyl (C=O) groups excluding carboxylic acids is 1. The number of hydrogen-bond acceptors (Lipinski definition) is 3. The molecule has 0 aliphatic carbocycles. The molecule has 0 bridgehead atoms. The van der Waals surface area contributed by atoms with Gasteiger partial charge in [-0.2, -0.15) is 0 Å². The molecule has 5 heteroatoms. The van der Waals surface area contributed by atoms with Gasteiger partial charge in [-0.25, -0.2) is 0 Å². The minimum absolute atomic E-state index is 0. The first kappa shape index (κ1) is 30.4. The highest BCUT2D eigenvalue weighted by atomic mass is 35.5. The van der Waals surface area contributed by atoms with Crippen molar-refractivity contribution in [1.29, 1.82) is 0 Å². The Morgan fingerprint density at radius 1 is 0.684 bits per heavy atom. The van der Waals surface area contributed by atoms with E-state index in [4.69, 9.17) is 0 Å². The third-order valence-corrected chi connectivity index (χ3v) is 8.14. The standard InChI is InChI=1S/C33H40N2O.2ClH/c36-33(13-7-12-27-16-20-34(21-17-27)25-28-8-3-1-4-9-28)32-15-14-30-18-22-35(23-19-31(30)24-32)26-29-10-5-2-6-11-29;;/h1-6,8-11,14-15,24,27H,7,12-13,16-23,25-26H2;2*1H. The van der Waals surface area contributed by atoms with E-state index in [1.54, 1.807) is 0 Å². The van der Waals surface area contributed by atoms with E-state index in [0.717, 1.165) is 56.9 Å². The lowest BCUT2D eigenvalue weighted by molar-refractivity contribution is 0.0974. The van der Waals surface area contributed by atoms with E-state index >= 15 is 0 Å². The second kappa shape index (κ2) is 15.4. The van der Waals surface area contributed by atoms with E-state index in [9.17, 15) is 4.79 Å². The van der Waals surface area contributed by atoms with Gasteiger partial charge in [-0.3, -0.25) is 14.6 Å². The van der Waals surface area contributed by atoms with Crippen LogP contribution in [0.15, 0.2) is 78.9 Å². The molecule has 0 amide bonds. The lowest BCUT2D eigenvalue weighted by Gasteiger charge is -2.32. The van der Waals surface area contributed by atoms with Crippen LogP contribution in [0.3, 0.4) is 0 Å². The largest absolute Gasteiger partial charge is 0.299 e. The van der Waals surface area contributed by atoms with Crippen LogP contribution in [-0.2, 0) is 25.9 Å². The predicted octanol–water partition coefficient (Wildman–Crippen LogP) is 7.40. The quantitative estimate of drug-likeness (QED) is 0.258. The zero-order valence-electron chi connectivity index (χ0n) is 22.4. The number of fused-ring (bicyclic) bond motifs is 1. The Morgan fingerprint density at radius 3 is 1.84 bits per heavy atom. The van der Waals surface area contributed by atoms with Crippen molar-refractivity contribution >= 4 is 30.6 Å². The maximum Gasteiger partial charge on any atom is 0.162 e. The number of piperidine rings is 1. The zero-order chi connectivity index (χ0) is 24.6. The van der Waals surface area contributed by atoms with Crippen molar-refractivity contribution in [1.82, 2.24) is 9.80 Å². The van der Waals surface area contributed by atoms with Crippen molar-refractivity contribution in [2.45, 2.75) is 58.0 Å². The molecule has 3 nitrogen and oxygen atoms in total. The van der Waals surface area contributed by atoms with Crippen LogP contribution in [0.2, 0.25) is 0 Å². The summed E-state index contributed by atoms with van der Waals surface area (Å²) in [6, 6.07) is 28.0. The number of nitrogens with zero attached hydrogens (tertiary/aromatic N) is 2. The summed E-state index contributed by atoms with van der Waals surface area (Å²) in [6.45, 7) is 6.57. The molecule has 0 radical (unpaired) electrons. The number of rotatable bonds is 9. The summed E-state index contributed by atoms with van der Waals surface area (Å²) < 4.78 is 0. The normalized spacial score (nSPS) is 16.5. The van der Waals surface area contributed by atoms with Crippen LogP contribution in [0.1, 0.15) is 64.7 Å². The first-order valence-corrected chi connectivity index (χ1v) is 13.9. The van der Waals surface area contributed by atoms with E-state index in [2.05, 4.69) is 88.7 Å². The summed E-state index contributed by atoms with van der Waals surface area (Å²) in [5.41, 5.74) is 6.50. The molecule has 0 atom stereocenters. The Labute approximate surface area is 241 Å². The van der Waals surface area contributed by atoms with Crippen LogP contribution >= 0.6 is 24.8 Å². The molecule has 3 aromatic rings. The number of ketones is 1. The summed E-state index contributed by atoms with van der Waals surface area (Å²) >= 11 is 0. The average molecular weight is 554 g/mol. The van der Waals surface area contributed by atoms with Crippen molar-refractivity contribution < 1.29 is 4.79 Å². The molecule has 204 valence electrons. The SMILES string of the molecule is Cl.Cl.O=C(CCCC1CCN(Cc2ccccc2)CC1)c1ccc2c(c1)CCN(Cc1ccccc1)CC2. The summed E-state index contributed by atoms with van der Waals surface area (Å²) in [5.74, 6) is 1.09. The van der Waals surface area contributed by atoms with Crippen LogP contribution in [0.4, 0.5) is 0 Å². The molecule has 38 heavy (non-hydrogen) atoms. The number of Topliss-reactive ketones (excluding diaryl/α,β-unsaturated/α-hetero) is 1. The number of hydrogen-bond donors (Lipinski definition) is 0. The van der Waals surface area contributed by atoms with Crippen molar-refractivity contribution in [3.05, 3.63) is 107 Å². The van der Waals surface area contributed by atoms with Crippen molar-refractivity contribution in [2.24, 2.45) is 5.92 Å². The van der Waals surface area contributed by atoms with Crippen molar-refractivity contribution in [2.75, 3.05) is 26.2 Å². The maximum atomic E-state index is 13.0. The van der Waals surface area contributed by atoms with Gasteiger partial charge in [0, 0.05) is 38.2 Å². The maximum absolute atomic E-state index is 13.0. The van der Waals surface area contributed by atoms with E-state index in [-0.39, 0.29) is 24.8 Å². The number of carbonyl (C=O) groups is 1. The van der Waals surface area contributed by atoms with Crippen LogP contribution in [0, 0.1) is 5.92 Å². The average Bonchev–Trinajstić information content (AvgIpc) is 3.12. The van der Waals surface area contributed by atoms with Gasteiger partial charge in [-0.05, 0) is 85.9 Å². The lowest BCUT2D eigenvalue weighted by atomic mass is 9.90. The number of benzene rings is 3. The fourth-order valence-electron chi connectivity index (χ4n) is 5.92. The second-order valence-corrected chi connectivity index (χ2v) is 10.8. The van der Waals surface area contributed by atoms with Gasteiger partial charge in [0.2, 0.25) is 0 Å². The highest BCUT2D eigenvalue weighted by Crippen LogP contribution is 2.25. The van der Waals surface area contributed by atoms with Crippen LogP contribution < -0.4 is 0 Å². The summed E-state index contributed by atoms with van der Waals surface area (Å²) in [6.07, 6.45) is 7.51.